The second kappa shape index (κ2) is 5.71. The molecule has 1 aromatic carbocycles. The Morgan fingerprint density at radius 2 is 2.11 bits per heavy atom. The van der Waals surface area contributed by atoms with Crippen molar-refractivity contribution in [3.05, 3.63) is 34.3 Å². The summed E-state index contributed by atoms with van der Waals surface area (Å²) in [4.78, 5) is 12.2. The number of nitrogens with zero attached hydrogens (tertiary/aromatic N) is 1. The zero-order valence-electron chi connectivity index (χ0n) is 9.54. The fourth-order valence-corrected chi connectivity index (χ4v) is 2.10. The lowest BCUT2D eigenvalue weighted by molar-refractivity contribution is -0.151. The molecule has 18 heavy (non-hydrogen) atoms. The highest BCUT2D eigenvalue weighted by Gasteiger charge is 2.34. The number of rotatable bonds is 4. The van der Waals surface area contributed by atoms with Gasteiger partial charge in [0.05, 0.1) is 6.54 Å². The fraction of sp³-hybridized carbons (Fsp3) is 0.364. The molecule has 2 N–H and O–H groups in total. The van der Waals surface area contributed by atoms with E-state index in [0.717, 1.165) is 4.90 Å². The van der Waals surface area contributed by atoms with Gasteiger partial charge in [-0.2, -0.15) is 13.2 Å². The molecule has 0 saturated heterocycles. The van der Waals surface area contributed by atoms with Crippen molar-refractivity contribution in [3.8, 4) is 0 Å². The number of nitrogens with two attached hydrogens (primary N) is 1. The van der Waals surface area contributed by atoms with E-state index in [0.29, 0.717) is 10.0 Å². The number of alkyl halides is 3. The number of benzene rings is 1. The third kappa shape index (κ3) is 4.30. The molecule has 0 unspecified atom stereocenters. The Balaban J connectivity index is 3.00. The summed E-state index contributed by atoms with van der Waals surface area (Å²) >= 11 is 3.20. The van der Waals surface area contributed by atoms with E-state index in [4.69, 9.17) is 5.73 Å². The molecule has 0 fully saturated rings. The quantitative estimate of drug-likeness (QED) is 0.924. The third-order valence-corrected chi connectivity index (χ3v) is 2.80. The van der Waals surface area contributed by atoms with Crippen LogP contribution < -0.4 is 5.73 Å². The molecular weight excluding hydrogens is 313 g/mol. The smallest absolute Gasteiger partial charge is 0.368 e. The van der Waals surface area contributed by atoms with Crippen molar-refractivity contribution in [2.24, 2.45) is 5.73 Å². The van der Waals surface area contributed by atoms with Gasteiger partial charge in [0, 0.05) is 4.47 Å². The maximum absolute atomic E-state index is 12.3. The molecule has 0 aliphatic carbocycles. The first kappa shape index (κ1) is 15.0. The van der Waals surface area contributed by atoms with Crippen LogP contribution in [0, 0.1) is 0 Å². The number of likely N-dealkylation sites (N-methyl/N-ethyl adjacent to an activating group) is 1. The minimum absolute atomic E-state index is 0.420. The first-order chi connectivity index (χ1) is 8.20. The number of primary amides is 1. The van der Waals surface area contributed by atoms with E-state index in [-0.39, 0.29) is 0 Å². The SMILES string of the molecule is CN(CC(F)(F)F)[C@H](C(N)=O)c1cccc(Br)c1. The number of hydrogen-bond donors (Lipinski definition) is 1. The summed E-state index contributed by atoms with van der Waals surface area (Å²) in [5, 5.41) is 0. The summed E-state index contributed by atoms with van der Waals surface area (Å²) < 4.78 is 37.6. The van der Waals surface area contributed by atoms with Crippen LogP contribution in [0.2, 0.25) is 0 Å². The van der Waals surface area contributed by atoms with Gasteiger partial charge in [0.2, 0.25) is 5.91 Å². The summed E-state index contributed by atoms with van der Waals surface area (Å²) in [6, 6.07) is 5.38. The molecule has 0 aromatic heterocycles. The highest BCUT2D eigenvalue weighted by molar-refractivity contribution is 9.10. The van der Waals surface area contributed by atoms with Crippen LogP contribution in [0.3, 0.4) is 0 Å². The van der Waals surface area contributed by atoms with Crippen LogP contribution in [-0.4, -0.2) is 30.6 Å². The largest absolute Gasteiger partial charge is 0.401 e. The van der Waals surface area contributed by atoms with Crippen molar-refractivity contribution >= 4 is 21.8 Å². The monoisotopic (exact) mass is 324 g/mol. The van der Waals surface area contributed by atoms with Crippen molar-refractivity contribution in [2.75, 3.05) is 13.6 Å². The number of halogens is 4. The maximum atomic E-state index is 12.3. The van der Waals surface area contributed by atoms with Crippen LogP contribution >= 0.6 is 15.9 Å². The van der Waals surface area contributed by atoms with Crippen molar-refractivity contribution in [1.82, 2.24) is 4.90 Å². The van der Waals surface area contributed by atoms with E-state index < -0.39 is 24.7 Å². The Hall–Kier alpha value is -1.08. The lowest BCUT2D eigenvalue weighted by Crippen LogP contribution is -2.40. The molecule has 0 aliphatic rings. The summed E-state index contributed by atoms with van der Waals surface area (Å²) in [6.07, 6.45) is -4.38. The minimum Gasteiger partial charge on any atom is -0.368 e. The van der Waals surface area contributed by atoms with Crippen LogP contribution in [-0.2, 0) is 4.79 Å². The molecule has 7 heteroatoms. The highest BCUT2D eigenvalue weighted by Crippen LogP contribution is 2.26. The van der Waals surface area contributed by atoms with Gasteiger partial charge in [-0.15, -0.1) is 0 Å². The van der Waals surface area contributed by atoms with Gasteiger partial charge in [-0.05, 0) is 24.7 Å². The fourth-order valence-electron chi connectivity index (χ4n) is 1.69. The lowest BCUT2D eigenvalue weighted by atomic mass is 10.1. The van der Waals surface area contributed by atoms with Crippen molar-refractivity contribution in [3.63, 3.8) is 0 Å². The van der Waals surface area contributed by atoms with Gasteiger partial charge in [0.25, 0.3) is 0 Å². The van der Waals surface area contributed by atoms with Crippen LogP contribution in [0.15, 0.2) is 28.7 Å². The van der Waals surface area contributed by atoms with E-state index in [1.807, 2.05) is 0 Å². The molecule has 0 saturated carbocycles. The summed E-state index contributed by atoms with van der Waals surface area (Å²) in [7, 11) is 1.21. The standard InChI is InChI=1S/C11H12BrF3N2O/c1-17(6-11(13,14)15)9(10(16)18)7-3-2-4-8(12)5-7/h2-5,9H,6H2,1H3,(H2,16,18)/t9-/m0/s1. The number of carbonyl (C=O) groups excluding carboxylic acids is 1. The van der Waals surface area contributed by atoms with Gasteiger partial charge in [-0.1, -0.05) is 28.1 Å². The average molecular weight is 325 g/mol. The summed E-state index contributed by atoms with van der Waals surface area (Å²) in [6.45, 7) is -1.20. The van der Waals surface area contributed by atoms with Gasteiger partial charge in [-0.25, -0.2) is 0 Å². The Morgan fingerprint density at radius 3 is 2.56 bits per heavy atom. The second-order valence-electron chi connectivity index (χ2n) is 3.89. The molecule has 0 spiro atoms. The topological polar surface area (TPSA) is 46.3 Å². The van der Waals surface area contributed by atoms with Crippen LogP contribution in [0.25, 0.3) is 0 Å². The van der Waals surface area contributed by atoms with Gasteiger partial charge in [-0.3, -0.25) is 9.69 Å². The molecule has 0 heterocycles. The Labute approximate surface area is 111 Å². The van der Waals surface area contributed by atoms with Crippen LogP contribution in [0.1, 0.15) is 11.6 Å². The highest BCUT2D eigenvalue weighted by atomic mass is 79.9. The van der Waals surface area contributed by atoms with Crippen LogP contribution in [0.4, 0.5) is 13.2 Å². The third-order valence-electron chi connectivity index (χ3n) is 2.30. The molecule has 0 bridgehead atoms. The van der Waals surface area contributed by atoms with E-state index in [9.17, 15) is 18.0 Å². The molecule has 0 radical (unpaired) electrons. The molecular formula is C11H12BrF3N2O. The van der Waals surface area contributed by atoms with E-state index >= 15 is 0 Å². The zero-order chi connectivity index (χ0) is 13.9. The van der Waals surface area contributed by atoms with Crippen molar-refractivity contribution in [2.45, 2.75) is 12.2 Å². The maximum Gasteiger partial charge on any atom is 0.401 e. The van der Waals surface area contributed by atoms with Gasteiger partial charge in [0.15, 0.2) is 0 Å². The normalized spacial score (nSPS) is 13.7. The Morgan fingerprint density at radius 1 is 1.50 bits per heavy atom. The summed E-state index contributed by atoms with van der Waals surface area (Å²) in [5.41, 5.74) is 5.60. The Kier molecular flexibility index (Phi) is 4.75. The first-order valence-corrected chi connectivity index (χ1v) is 5.82. The first-order valence-electron chi connectivity index (χ1n) is 5.02. The predicted molar refractivity (Wildman–Crippen MR) is 64.8 cm³/mol. The number of amides is 1. The molecule has 0 aliphatic heterocycles. The molecule has 100 valence electrons. The van der Waals surface area contributed by atoms with Crippen molar-refractivity contribution in [1.29, 1.82) is 0 Å². The molecule has 1 amide bonds. The van der Waals surface area contributed by atoms with Gasteiger partial charge in [0.1, 0.15) is 6.04 Å². The zero-order valence-corrected chi connectivity index (χ0v) is 11.1. The second-order valence-corrected chi connectivity index (χ2v) is 4.81. The van der Waals surface area contributed by atoms with E-state index in [1.165, 1.54) is 7.05 Å². The molecule has 1 aromatic rings. The average Bonchev–Trinajstić information content (AvgIpc) is 2.13. The predicted octanol–water partition coefficient (Wildman–Crippen LogP) is 2.47. The lowest BCUT2D eigenvalue weighted by Gasteiger charge is -2.26. The minimum atomic E-state index is -4.38. The van der Waals surface area contributed by atoms with Crippen LogP contribution in [0.5, 0.6) is 0 Å². The van der Waals surface area contributed by atoms with E-state index in [1.54, 1.807) is 24.3 Å². The number of carbonyl (C=O) groups is 1. The van der Waals surface area contributed by atoms with E-state index in [2.05, 4.69) is 15.9 Å². The molecule has 1 atom stereocenters. The van der Waals surface area contributed by atoms with Gasteiger partial charge >= 0.3 is 6.18 Å². The van der Waals surface area contributed by atoms with Crippen molar-refractivity contribution < 1.29 is 18.0 Å². The molecule has 3 nitrogen and oxygen atoms in total. The number of hydrogen-bond acceptors (Lipinski definition) is 2. The Bertz CT molecular complexity index is 437. The van der Waals surface area contributed by atoms with Gasteiger partial charge < -0.3 is 5.73 Å². The molecule has 1 rings (SSSR count). The summed E-state index contributed by atoms with van der Waals surface area (Å²) in [5.74, 6) is -0.820.